The Labute approximate surface area is 127 Å². The maximum Gasteiger partial charge on any atom is 0.0886 e. The maximum atomic E-state index is 6.40. The van der Waals surface area contributed by atoms with Gasteiger partial charge in [0.05, 0.1) is 28.6 Å². The number of ether oxygens (including phenoxy) is 1. The van der Waals surface area contributed by atoms with Gasteiger partial charge in [-0.25, -0.2) is 0 Å². The Hall–Kier alpha value is -0.580. The van der Waals surface area contributed by atoms with Crippen LogP contribution in [-0.4, -0.2) is 29.0 Å². The third kappa shape index (κ3) is 3.35. The van der Waals surface area contributed by atoms with Crippen LogP contribution in [0.3, 0.4) is 0 Å². The molecule has 1 aromatic rings. The number of rotatable bonds is 9. The first-order valence-corrected chi connectivity index (χ1v) is 8.00. The molecule has 0 fully saturated rings. The molecule has 116 valence electrons. The summed E-state index contributed by atoms with van der Waals surface area (Å²) in [6.07, 6.45) is 4.62. The molecule has 0 saturated carbocycles. The summed E-state index contributed by atoms with van der Waals surface area (Å²) < 4.78 is 8.13. The van der Waals surface area contributed by atoms with E-state index in [1.54, 1.807) is 6.20 Å². The van der Waals surface area contributed by atoms with E-state index in [9.17, 15) is 0 Å². The van der Waals surface area contributed by atoms with Gasteiger partial charge in [-0.05, 0) is 33.2 Å². The van der Waals surface area contributed by atoms with Gasteiger partial charge in [0.2, 0.25) is 0 Å². The van der Waals surface area contributed by atoms with E-state index in [1.807, 2.05) is 18.7 Å². The Morgan fingerprint density at radius 1 is 1.35 bits per heavy atom. The minimum absolute atomic E-state index is 0.0407. The van der Waals surface area contributed by atoms with Gasteiger partial charge in [-0.3, -0.25) is 4.68 Å². The zero-order chi connectivity index (χ0) is 15.2. The molecule has 0 aliphatic carbocycles. The average molecular weight is 302 g/mol. The zero-order valence-corrected chi connectivity index (χ0v) is 14.1. The van der Waals surface area contributed by atoms with Gasteiger partial charge in [-0.15, -0.1) is 0 Å². The normalized spacial score (nSPS) is 13.7. The van der Waals surface area contributed by atoms with E-state index in [0.29, 0.717) is 11.6 Å². The van der Waals surface area contributed by atoms with Crippen LogP contribution in [-0.2, 0) is 11.3 Å². The van der Waals surface area contributed by atoms with Crippen LogP contribution >= 0.6 is 11.6 Å². The highest BCUT2D eigenvalue weighted by atomic mass is 35.5. The van der Waals surface area contributed by atoms with Gasteiger partial charge in [0.15, 0.2) is 0 Å². The van der Waals surface area contributed by atoms with Crippen LogP contribution in [0.15, 0.2) is 6.20 Å². The number of aromatic nitrogens is 2. The topological polar surface area (TPSA) is 39.1 Å². The summed E-state index contributed by atoms with van der Waals surface area (Å²) in [5, 5.41) is 8.52. The number of halogens is 1. The van der Waals surface area contributed by atoms with E-state index in [4.69, 9.17) is 16.3 Å². The smallest absolute Gasteiger partial charge is 0.0886 e. The monoisotopic (exact) mass is 301 g/mol. The maximum absolute atomic E-state index is 6.40. The number of hydrogen-bond acceptors (Lipinski definition) is 3. The summed E-state index contributed by atoms with van der Waals surface area (Å²) in [6.45, 7) is 10.1. The number of nitrogens with one attached hydrogen (secondary N) is 1. The summed E-state index contributed by atoms with van der Waals surface area (Å²) in [4.78, 5) is 0. The molecular weight excluding hydrogens is 274 g/mol. The first-order chi connectivity index (χ1) is 9.60. The molecule has 0 aromatic carbocycles. The van der Waals surface area contributed by atoms with Crippen molar-refractivity contribution in [2.24, 2.45) is 0 Å². The zero-order valence-electron chi connectivity index (χ0n) is 13.4. The van der Waals surface area contributed by atoms with E-state index in [-0.39, 0.29) is 11.6 Å². The highest BCUT2D eigenvalue weighted by Crippen LogP contribution is 2.38. The van der Waals surface area contributed by atoms with E-state index in [0.717, 1.165) is 31.5 Å². The second kappa shape index (κ2) is 8.01. The summed E-state index contributed by atoms with van der Waals surface area (Å²) in [5.74, 6) is 0. The Bertz CT molecular complexity index is 402. The van der Waals surface area contributed by atoms with E-state index < -0.39 is 0 Å². The van der Waals surface area contributed by atoms with Crippen LogP contribution in [0.5, 0.6) is 0 Å². The fourth-order valence-electron chi connectivity index (χ4n) is 2.93. The molecule has 0 bridgehead atoms. The Balaban J connectivity index is 3.25. The Morgan fingerprint density at radius 2 is 2.00 bits per heavy atom. The van der Waals surface area contributed by atoms with Gasteiger partial charge in [0.1, 0.15) is 0 Å². The Morgan fingerprint density at radius 3 is 2.45 bits per heavy atom. The van der Waals surface area contributed by atoms with Crippen molar-refractivity contribution in [2.75, 3.05) is 13.7 Å². The lowest BCUT2D eigenvalue weighted by atomic mass is 9.86. The third-order valence-electron chi connectivity index (χ3n) is 3.99. The van der Waals surface area contributed by atoms with E-state index >= 15 is 0 Å². The number of hydrogen-bond donors (Lipinski definition) is 1. The van der Waals surface area contributed by atoms with Crippen molar-refractivity contribution < 1.29 is 4.74 Å². The fourth-order valence-corrected chi connectivity index (χ4v) is 3.18. The van der Waals surface area contributed by atoms with Gasteiger partial charge in [0.25, 0.3) is 0 Å². The summed E-state index contributed by atoms with van der Waals surface area (Å²) in [7, 11) is 1.96. The fraction of sp³-hybridized carbons (Fsp3) is 0.800. The lowest BCUT2D eigenvalue weighted by Crippen LogP contribution is -2.45. The Kier molecular flexibility index (Phi) is 7.00. The highest BCUT2D eigenvalue weighted by Gasteiger charge is 2.39. The van der Waals surface area contributed by atoms with Crippen LogP contribution in [0, 0.1) is 0 Å². The van der Waals surface area contributed by atoms with Crippen molar-refractivity contribution in [2.45, 2.75) is 65.1 Å². The molecular formula is C15H28ClN3O. The first-order valence-electron chi connectivity index (χ1n) is 7.62. The minimum atomic E-state index is -0.251. The second-order valence-electron chi connectivity index (χ2n) is 5.03. The molecule has 1 N–H and O–H groups in total. The van der Waals surface area contributed by atoms with Crippen molar-refractivity contribution in [1.82, 2.24) is 15.1 Å². The largest absolute Gasteiger partial charge is 0.373 e. The predicted octanol–water partition coefficient (Wildman–Crippen LogP) is 3.80. The average Bonchev–Trinajstić information content (AvgIpc) is 2.81. The van der Waals surface area contributed by atoms with Crippen molar-refractivity contribution in [3.8, 4) is 0 Å². The molecule has 0 saturated heterocycles. The molecule has 0 radical (unpaired) electrons. The lowest BCUT2D eigenvalue weighted by molar-refractivity contribution is -0.0735. The van der Waals surface area contributed by atoms with Gasteiger partial charge < -0.3 is 10.1 Å². The molecule has 0 aliphatic heterocycles. The number of likely N-dealkylation sites (N-methyl/N-ethyl adjacent to an activating group) is 1. The van der Waals surface area contributed by atoms with Crippen LogP contribution in [0.4, 0.5) is 0 Å². The highest BCUT2D eigenvalue weighted by molar-refractivity contribution is 6.31. The standard InChI is InChI=1S/C15H28ClN3O/c1-6-10-19-13(12(16)11-18-19)14(17-5)15(7-2,8-3)20-9-4/h11,14,17H,6-10H2,1-5H3. The van der Waals surface area contributed by atoms with Crippen LogP contribution in [0.2, 0.25) is 5.02 Å². The molecule has 5 heteroatoms. The minimum Gasteiger partial charge on any atom is -0.373 e. The quantitative estimate of drug-likeness (QED) is 0.754. The van der Waals surface area contributed by atoms with Gasteiger partial charge in [-0.2, -0.15) is 5.10 Å². The van der Waals surface area contributed by atoms with Crippen molar-refractivity contribution in [3.63, 3.8) is 0 Å². The van der Waals surface area contributed by atoms with E-state index in [2.05, 4.69) is 31.2 Å². The molecule has 1 unspecified atom stereocenters. The molecule has 20 heavy (non-hydrogen) atoms. The summed E-state index contributed by atoms with van der Waals surface area (Å²) in [6, 6.07) is 0.0407. The molecule has 4 nitrogen and oxygen atoms in total. The molecule has 1 atom stereocenters. The summed E-state index contributed by atoms with van der Waals surface area (Å²) in [5.41, 5.74) is 0.784. The molecule has 1 rings (SSSR count). The third-order valence-corrected chi connectivity index (χ3v) is 4.28. The molecule has 0 amide bonds. The molecule has 1 heterocycles. The second-order valence-corrected chi connectivity index (χ2v) is 5.43. The number of nitrogens with zero attached hydrogens (tertiary/aromatic N) is 2. The molecule has 0 aliphatic rings. The molecule has 1 aromatic heterocycles. The van der Waals surface area contributed by atoms with Crippen molar-refractivity contribution >= 4 is 11.6 Å². The van der Waals surface area contributed by atoms with Crippen LogP contribution < -0.4 is 5.32 Å². The number of aryl methyl sites for hydroxylation is 1. The SMILES string of the molecule is CCCn1ncc(Cl)c1C(NC)C(CC)(CC)OCC. The lowest BCUT2D eigenvalue weighted by Gasteiger charge is -2.39. The van der Waals surface area contributed by atoms with Crippen LogP contribution in [0.1, 0.15) is 58.7 Å². The van der Waals surface area contributed by atoms with Gasteiger partial charge >= 0.3 is 0 Å². The first kappa shape index (κ1) is 17.5. The molecule has 0 spiro atoms. The predicted molar refractivity (Wildman–Crippen MR) is 84.3 cm³/mol. The van der Waals surface area contributed by atoms with Crippen molar-refractivity contribution in [3.05, 3.63) is 16.9 Å². The van der Waals surface area contributed by atoms with Gasteiger partial charge in [-0.1, -0.05) is 32.4 Å². The van der Waals surface area contributed by atoms with Crippen molar-refractivity contribution in [1.29, 1.82) is 0 Å². The van der Waals surface area contributed by atoms with Crippen LogP contribution in [0.25, 0.3) is 0 Å². The van der Waals surface area contributed by atoms with E-state index in [1.165, 1.54) is 0 Å². The van der Waals surface area contributed by atoms with Gasteiger partial charge in [0, 0.05) is 13.2 Å². The summed E-state index contributed by atoms with van der Waals surface area (Å²) >= 11 is 6.40.